The molecule has 1 aromatic rings. The normalized spacial score (nSPS) is 18.2. The van der Waals surface area contributed by atoms with E-state index >= 15 is 0 Å². The quantitative estimate of drug-likeness (QED) is 0.858. The Morgan fingerprint density at radius 2 is 2.12 bits per heavy atom. The maximum absolute atomic E-state index is 11.2. The van der Waals surface area contributed by atoms with Gasteiger partial charge in [0.05, 0.1) is 5.69 Å². The van der Waals surface area contributed by atoms with Gasteiger partial charge in [-0.05, 0) is 18.3 Å². The van der Waals surface area contributed by atoms with Crippen LogP contribution in [0.25, 0.3) is 0 Å². The molecule has 0 saturated heterocycles. The number of hydrogen-bond acceptors (Lipinski definition) is 2. The van der Waals surface area contributed by atoms with Gasteiger partial charge in [0.25, 0.3) is 0 Å². The van der Waals surface area contributed by atoms with Crippen LogP contribution in [0.5, 0.6) is 0 Å². The first kappa shape index (κ1) is 12.1. The smallest absolute Gasteiger partial charge is 0.356 e. The van der Waals surface area contributed by atoms with E-state index in [4.69, 9.17) is 0 Å². The van der Waals surface area contributed by atoms with E-state index in [1.54, 1.807) is 0 Å². The largest absolute Gasteiger partial charge is 0.476 e. The van der Waals surface area contributed by atoms with Crippen molar-refractivity contribution in [3.63, 3.8) is 0 Å². The summed E-state index contributed by atoms with van der Waals surface area (Å²) in [4.78, 5) is 15.5. The van der Waals surface area contributed by atoms with Crippen molar-refractivity contribution in [2.45, 2.75) is 53.0 Å². The molecule has 1 aliphatic heterocycles. The topological polar surface area (TPSA) is 55.1 Å². The van der Waals surface area contributed by atoms with Gasteiger partial charge >= 0.3 is 5.97 Å². The predicted molar refractivity (Wildman–Crippen MR) is 65.4 cm³/mol. The number of carboxylic acids is 1. The minimum Gasteiger partial charge on any atom is -0.476 e. The first-order chi connectivity index (χ1) is 7.82. The molecular formula is C13H20N2O2. The second kappa shape index (κ2) is 3.86. The average Bonchev–Trinajstić information content (AvgIpc) is 2.54. The van der Waals surface area contributed by atoms with Crippen molar-refractivity contribution >= 4 is 5.97 Å². The van der Waals surface area contributed by atoms with Gasteiger partial charge in [-0.1, -0.05) is 27.7 Å². The Hall–Kier alpha value is -1.32. The van der Waals surface area contributed by atoms with E-state index < -0.39 is 5.97 Å². The maximum Gasteiger partial charge on any atom is 0.356 e. The van der Waals surface area contributed by atoms with Crippen LogP contribution in [0.2, 0.25) is 0 Å². The molecule has 0 amide bonds. The van der Waals surface area contributed by atoms with Crippen LogP contribution in [0.15, 0.2) is 0 Å². The van der Waals surface area contributed by atoms with E-state index in [0.29, 0.717) is 0 Å². The Kier molecular flexibility index (Phi) is 2.76. The summed E-state index contributed by atoms with van der Waals surface area (Å²) in [5.41, 5.74) is 1.39. The van der Waals surface area contributed by atoms with Crippen LogP contribution in [0, 0.1) is 5.41 Å². The summed E-state index contributed by atoms with van der Waals surface area (Å²) in [6, 6.07) is 0. The lowest BCUT2D eigenvalue weighted by Gasteiger charge is -2.32. The third-order valence-electron chi connectivity index (χ3n) is 3.45. The fourth-order valence-corrected chi connectivity index (χ4v) is 2.51. The molecule has 4 heteroatoms. The number of aromatic nitrogens is 2. The molecule has 0 spiro atoms. The summed E-state index contributed by atoms with van der Waals surface area (Å²) < 4.78 is 2.12. The van der Waals surface area contributed by atoms with Gasteiger partial charge in [0.15, 0.2) is 5.69 Å². The fraction of sp³-hybridized carbons (Fsp3) is 0.692. The van der Waals surface area contributed by atoms with Crippen molar-refractivity contribution in [2.24, 2.45) is 5.41 Å². The summed E-state index contributed by atoms with van der Waals surface area (Å²) >= 11 is 0. The number of carbonyl (C=O) groups is 1. The highest BCUT2D eigenvalue weighted by molar-refractivity contribution is 5.87. The molecule has 4 nitrogen and oxygen atoms in total. The minimum atomic E-state index is -0.902. The number of aromatic carboxylic acids is 1. The van der Waals surface area contributed by atoms with Crippen LogP contribution < -0.4 is 0 Å². The molecule has 2 heterocycles. The van der Waals surface area contributed by atoms with E-state index in [9.17, 15) is 9.90 Å². The zero-order valence-electron chi connectivity index (χ0n) is 10.9. The summed E-state index contributed by atoms with van der Waals surface area (Å²) in [6.45, 7) is 9.43. The zero-order valence-corrected chi connectivity index (χ0v) is 10.9. The van der Waals surface area contributed by atoms with Gasteiger partial charge in [-0.25, -0.2) is 9.78 Å². The van der Waals surface area contributed by atoms with Crippen LogP contribution >= 0.6 is 0 Å². The zero-order chi connectivity index (χ0) is 12.8. The number of rotatable bonds is 2. The molecule has 1 N–H and O–H groups in total. The van der Waals surface area contributed by atoms with Crippen LogP contribution in [0.3, 0.4) is 0 Å². The predicted octanol–water partition coefficient (Wildman–Crippen LogP) is 2.68. The lowest BCUT2D eigenvalue weighted by Crippen LogP contribution is -2.29. The molecule has 0 aliphatic carbocycles. The van der Waals surface area contributed by atoms with Crippen molar-refractivity contribution in [2.75, 3.05) is 0 Å². The van der Waals surface area contributed by atoms with E-state index in [1.165, 1.54) is 0 Å². The minimum absolute atomic E-state index is 0.229. The Labute approximate surface area is 102 Å². The molecular weight excluding hydrogens is 216 g/mol. The molecule has 0 bridgehead atoms. The number of imidazole rings is 1. The molecule has 0 saturated carbocycles. The monoisotopic (exact) mass is 236 g/mol. The van der Waals surface area contributed by atoms with E-state index in [0.717, 1.165) is 30.9 Å². The third kappa shape index (κ3) is 2.08. The van der Waals surface area contributed by atoms with Crippen molar-refractivity contribution in [3.8, 4) is 0 Å². The Morgan fingerprint density at radius 1 is 1.47 bits per heavy atom. The molecule has 0 fully saturated rings. The second-order valence-corrected chi connectivity index (χ2v) is 5.98. The van der Waals surface area contributed by atoms with Crippen molar-refractivity contribution in [1.29, 1.82) is 0 Å². The van der Waals surface area contributed by atoms with Gasteiger partial charge in [0.2, 0.25) is 0 Å². The van der Waals surface area contributed by atoms with Crippen LogP contribution in [0.4, 0.5) is 0 Å². The standard InChI is InChI=1S/C13H20N2O2/c1-8(2)11-14-10(12(16)17)9-5-6-13(3,4)7-15(9)11/h8H,5-7H2,1-4H3,(H,16,17). The molecule has 94 valence electrons. The maximum atomic E-state index is 11.2. The molecule has 1 aliphatic rings. The van der Waals surface area contributed by atoms with Gasteiger partial charge in [-0.3, -0.25) is 0 Å². The molecule has 2 rings (SSSR count). The lowest BCUT2D eigenvalue weighted by atomic mass is 9.84. The first-order valence-corrected chi connectivity index (χ1v) is 6.14. The summed E-state index contributed by atoms with van der Waals surface area (Å²) in [6.07, 6.45) is 1.84. The van der Waals surface area contributed by atoms with Gasteiger partial charge in [0.1, 0.15) is 5.82 Å². The summed E-state index contributed by atoms with van der Waals surface area (Å²) in [7, 11) is 0. The van der Waals surface area contributed by atoms with Crippen molar-refractivity contribution in [1.82, 2.24) is 9.55 Å². The van der Waals surface area contributed by atoms with E-state index in [-0.39, 0.29) is 17.0 Å². The Balaban J connectivity index is 2.54. The van der Waals surface area contributed by atoms with Gasteiger partial charge in [-0.2, -0.15) is 0 Å². The molecule has 0 atom stereocenters. The van der Waals surface area contributed by atoms with Gasteiger partial charge in [0, 0.05) is 12.5 Å². The summed E-state index contributed by atoms with van der Waals surface area (Å²) in [5, 5.41) is 9.19. The molecule has 17 heavy (non-hydrogen) atoms. The second-order valence-electron chi connectivity index (χ2n) is 5.98. The van der Waals surface area contributed by atoms with Crippen LogP contribution in [-0.4, -0.2) is 20.6 Å². The fourth-order valence-electron chi connectivity index (χ4n) is 2.51. The number of hydrogen-bond donors (Lipinski definition) is 1. The Morgan fingerprint density at radius 3 is 2.65 bits per heavy atom. The summed E-state index contributed by atoms with van der Waals surface area (Å²) in [5.74, 6) is 0.265. The van der Waals surface area contributed by atoms with Crippen molar-refractivity contribution < 1.29 is 9.90 Å². The number of nitrogens with zero attached hydrogens (tertiary/aromatic N) is 2. The van der Waals surface area contributed by atoms with E-state index in [1.807, 2.05) is 0 Å². The molecule has 0 unspecified atom stereocenters. The number of carboxylic acid groups (broad SMARTS) is 1. The highest BCUT2D eigenvalue weighted by Crippen LogP contribution is 2.34. The molecule has 0 aromatic carbocycles. The van der Waals surface area contributed by atoms with Gasteiger partial charge in [-0.15, -0.1) is 0 Å². The van der Waals surface area contributed by atoms with Crippen LogP contribution in [-0.2, 0) is 13.0 Å². The highest BCUT2D eigenvalue weighted by atomic mass is 16.4. The van der Waals surface area contributed by atoms with Gasteiger partial charge < -0.3 is 9.67 Å². The van der Waals surface area contributed by atoms with Crippen molar-refractivity contribution in [3.05, 3.63) is 17.2 Å². The lowest BCUT2D eigenvalue weighted by molar-refractivity contribution is 0.0688. The SMILES string of the molecule is CC(C)c1nc(C(=O)O)c2n1CC(C)(C)CC2. The number of fused-ring (bicyclic) bond motifs is 1. The van der Waals surface area contributed by atoms with E-state index in [2.05, 4.69) is 37.2 Å². The Bertz CT molecular complexity index is 458. The highest BCUT2D eigenvalue weighted by Gasteiger charge is 2.32. The molecule has 0 radical (unpaired) electrons. The molecule has 1 aromatic heterocycles. The first-order valence-electron chi connectivity index (χ1n) is 6.14. The van der Waals surface area contributed by atoms with Crippen LogP contribution in [0.1, 0.15) is 62.0 Å². The third-order valence-corrected chi connectivity index (χ3v) is 3.45. The average molecular weight is 236 g/mol.